The zero-order chi connectivity index (χ0) is 12.3. The molecule has 90 valence electrons. The standard InChI is InChI=1S/C14H17NO2/c1-17-13-5-4-10-8-12(14(16)6-7-15)3-2-11(10)9-13/h2-5,8-9,14,16H,6-7,15H2,1H3/t14-/m1/s1. The minimum absolute atomic E-state index is 0.480. The first-order valence-electron chi connectivity index (χ1n) is 5.70. The number of hydrogen-bond donors (Lipinski definition) is 2. The van der Waals surface area contributed by atoms with Gasteiger partial charge < -0.3 is 15.6 Å². The van der Waals surface area contributed by atoms with Gasteiger partial charge in [-0.25, -0.2) is 0 Å². The van der Waals surface area contributed by atoms with Crippen LogP contribution in [0.25, 0.3) is 10.8 Å². The van der Waals surface area contributed by atoms with E-state index in [4.69, 9.17) is 10.5 Å². The van der Waals surface area contributed by atoms with Gasteiger partial charge in [-0.2, -0.15) is 0 Å². The van der Waals surface area contributed by atoms with E-state index in [-0.39, 0.29) is 0 Å². The molecular formula is C14H17NO2. The normalized spacial score (nSPS) is 12.6. The topological polar surface area (TPSA) is 55.5 Å². The van der Waals surface area contributed by atoms with Crippen LogP contribution in [0.3, 0.4) is 0 Å². The van der Waals surface area contributed by atoms with Gasteiger partial charge in [-0.1, -0.05) is 18.2 Å². The molecule has 0 aromatic heterocycles. The minimum atomic E-state index is -0.480. The van der Waals surface area contributed by atoms with Crippen molar-refractivity contribution in [2.45, 2.75) is 12.5 Å². The van der Waals surface area contributed by atoms with E-state index in [0.717, 1.165) is 22.1 Å². The average molecular weight is 231 g/mol. The summed E-state index contributed by atoms with van der Waals surface area (Å²) in [4.78, 5) is 0. The fourth-order valence-corrected chi connectivity index (χ4v) is 1.90. The predicted molar refractivity (Wildman–Crippen MR) is 69.1 cm³/mol. The van der Waals surface area contributed by atoms with Gasteiger partial charge in [-0.05, 0) is 47.5 Å². The molecule has 2 rings (SSSR count). The van der Waals surface area contributed by atoms with Crippen molar-refractivity contribution in [1.82, 2.24) is 0 Å². The second-order valence-electron chi connectivity index (χ2n) is 4.07. The molecule has 0 aliphatic carbocycles. The number of aliphatic hydroxyl groups excluding tert-OH is 1. The van der Waals surface area contributed by atoms with Crippen LogP contribution >= 0.6 is 0 Å². The van der Waals surface area contributed by atoms with E-state index < -0.39 is 6.10 Å². The Hall–Kier alpha value is -1.58. The van der Waals surface area contributed by atoms with Gasteiger partial charge in [-0.3, -0.25) is 0 Å². The summed E-state index contributed by atoms with van der Waals surface area (Å²) in [5.74, 6) is 0.841. The number of fused-ring (bicyclic) bond motifs is 1. The van der Waals surface area contributed by atoms with Gasteiger partial charge in [0.15, 0.2) is 0 Å². The number of methoxy groups -OCH3 is 1. The van der Waals surface area contributed by atoms with Crippen LogP contribution in [0.15, 0.2) is 36.4 Å². The van der Waals surface area contributed by atoms with E-state index in [9.17, 15) is 5.11 Å². The summed E-state index contributed by atoms with van der Waals surface area (Å²) in [5.41, 5.74) is 6.35. The molecule has 0 aliphatic rings. The number of benzene rings is 2. The van der Waals surface area contributed by atoms with E-state index in [2.05, 4.69) is 0 Å². The second-order valence-corrected chi connectivity index (χ2v) is 4.07. The highest BCUT2D eigenvalue weighted by molar-refractivity contribution is 5.84. The number of hydrogen-bond acceptors (Lipinski definition) is 3. The number of ether oxygens (including phenoxy) is 1. The Bertz CT molecular complexity index is 511. The molecule has 0 unspecified atom stereocenters. The van der Waals surface area contributed by atoms with Gasteiger partial charge in [-0.15, -0.1) is 0 Å². The summed E-state index contributed by atoms with van der Waals surface area (Å²) < 4.78 is 5.17. The summed E-state index contributed by atoms with van der Waals surface area (Å²) in [5, 5.41) is 12.1. The predicted octanol–water partition coefficient (Wildman–Crippen LogP) is 2.23. The van der Waals surface area contributed by atoms with Crippen LogP contribution in [0.2, 0.25) is 0 Å². The Balaban J connectivity index is 2.37. The maximum atomic E-state index is 9.88. The summed E-state index contributed by atoms with van der Waals surface area (Å²) >= 11 is 0. The zero-order valence-electron chi connectivity index (χ0n) is 9.89. The molecule has 0 aliphatic heterocycles. The third-order valence-corrected chi connectivity index (χ3v) is 2.90. The van der Waals surface area contributed by atoms with Crippen LogP contribution in [-0.4, -0.2) is 18.8 Å². The van der Waals surface area contributed by atoms with Crippen molar-refractivity contribution in [3.63, 3.8) is 0 Å². The van der Waals surface area contributed by atoms with Crippen molar-refractivity contribution < 1.29 is 9.84 Å². The van der Waals surface area contributed by atoms with Crippen molar-refractivity contribution in [2.24, 2.45) is 5.73 Å². The lowest BCUT2D eigenvalue weighted by Gasteiger charge is -2.11. The molecular weight excluding hydrogens is 214 g/mol. The maximum absolute atomic E-state index is 9.88. The lowest BCUT2D eigenvalue weighted by molar-refractivity contribution is 0.170. The lowest BCUT2D eigenvalue weighted by Crippen LogP contribution is -2.06. The highest BCUT2D eigenvalue weighted by Gasteiger charge is 2.07. The minimum Gasteiger partial charge on any atom is -0.497 e. The molecule has 0 saturated carbocycles. The van der Waals surface area contributed by atoms with Gasteiger partial charge in [0.05, 0.1) is 13.2 Å². The molecule has 1 atom stereocenters. The number of aliphatic hydroxyl groups is 1. The van der Waals surface area contributed by atoms with Gasteiger partial charge in [0.1, 0.15) is 5.75 Å². The third kappa shape index (κ3) is 2.57. The Morgan fingerprint density at radius 3 is 2.59 bits per heavy atom. The molecule has 0 bridgehead atoms. The fourth-order valence-electron chi connectivity index (χ4n) is 1.90. The largest absolute Gasteiger partial charge is 0.497 e. The van der Waals surface area contributed by atoms with Crippen LogP contribution in [-0.2, 0) is 0 Å². The molecule has 17 heavy (non-hydrogen) atoms. The Morgan fingerprint density at radius 2 is 1.88 bits per heavy atom. The Kier molecular flexibility index (Phi) is 3.61. The highest BCUT2D eigenvalue weighted by Crippen LogP contribution is 2.25. The summed E-state index contributed by atoms with van der Waals surface area (Å²) in [6.07, 6.45) is 0.105. The third-order valence-electron chi connectivity index (χ3n) is 2.90. The Labute approximate surface area is 101 Å². The molecule has 0 radical (unpaired) electrons. The first kappa shape index (κ1) is 11.9. The van der Waals surface area contributed by atoms with Gasteiger partial charge >= 0.3 is 0 Å². The molecule has 2 aromatic rings. The van der Waals surface area contributed by atoms with E-state index in [1.807, 2.05) is 36.4 Å². The number of rotatable bonds is 4. The van der Waals surface area contributed by atoms with Gasteiger partial charge in [0.25, 0.3) is 0 Å². The van der Waals surface area contributed by atoms with E-state index in [1.54, 1.807) is 7.11 Å². The molecule has 0 amide bonds. The number of nitrogens with two attached hydrogens (primary N) is 1. The second kappa shape index (κ2) is 5.17. The monoisotopic (exact) mass is 231 g/mol. The molecule has 2 aromatic carbocycles. The smallest absolute Gasteiger partial charge is 0.119 e. The van der Waals surface area contributed by atoms with Crippen LogP contribution in [0, 0.1) is 0 Å². The summed E-state index contributed by atoms with van der Waals surface area (Å²) in [7, 11) is 1.65. The summed E-state index contributed by atoms with van der Waals surface area (Å²) in [6, 6.07) is 11.8. The van der Waals surface area contributed by atoms with Crippen molar-refractivity contribution in [1.29, 1.82) is 0 Å². The molecule has 0 spiro atoms. The van der Waals surface area contributed by atoms with Crippen molar-refractivity contribution >= 4 is 10.8 Å². The molecule has 0 heterocycles. The fraction of sp³-hybridized carbons (Fsp3) is 0.286. The van der Waals surface area contributed by atoms with Crippen LogP contribution in [0.4, 0.5) is 0 Å². The highest BCUT2D eigenvalue weighted by atomic mass is 16.5. The van der Waals surface area contributed by atoms with Gasteiger partial charge in [0, 0.05) is 0 Å². The average Bonchev–Trinajstić information content (AvgIpc) is 2.37. The lowest BCUT2D eigenvalue weighted by atomic mass is 10.0. The first-order valence-corrected chi connectivity index (χ1v) is 5.70. The SMILES string of the molecule is COc1ccc2cc([C@H](O)CCN)ccc2c1. The first-order chi connectivity index (χ1) is 8.24. The van der Waals surface area contributed by atoms with Gasteiger partial charge in [0.2, 0.25) is 0 Å². The van der Waals surface area contributed by atoms with E-state index >= 15 is 0 Å². The quantitative estimate of drug-likeness (QED) is 0.848. The van der Waals surface area contributed by atoms with Crippen LogP contribution < -0.4 is 10.5 Å². The molecule has 3 N–H and O–H groups in total. The van der Waals surface area contributed by atoms with Crippen LogP contribution in [0.1, 0.15) is 18.1 Å². The molecule has 3 heteroatoms. The van der Waals surface area contributed by atoms with Crippen molar-refractivity contribution in [3.8, 4) is 5.75 Å². The maximum Gasteiger partial charge on any atom is 0.119 e. The molecule has 0 fully saturated rings. The Morgan fingerprint density at radius 1 is 1.18 bits per heavy atom. The van der Waals surface area contributed by atoms with Crippen LogP contribution in [0.5, 0.6) is 5.75 Å². The molecule has 0 saturated heterocycles. The van der Waals surface area contributed by atoms with Crippen molar-refractivity contribution in [2.75, 3.05) is 13.7 Å². The molecule has 3 nitrogen and oxygen atoms in total. The summed E-state index contributed by atoms with van der Waals surface area (Å²) in [6.45, 7) is 0.488. The van der Waals surface area contributed by atoms with E-state index in [0.29, 0.717) is 13.0 Å². The zero-order valence-corrected chi connectivity index (χ0v) is 9.89. The van der Waals surface area contributed by atoms with Crippen molar-refractivity contribution in [3.05, 3.63) is 42.0 Å². The van der Waals surface area contributed by atoms with E-state index in [1.165, 1.54) is 0 Å².